The molecule has 0 heterocycles. The number of anilines is 1. The van der Waals surface area contributed by atoms with Crippen molar-refractivity contribution in [3.8, 4) is 0 Å². The average molecular weight is 247 g/mol. The quantitative estimate of drug-likeness (QED) is 0.656. The highest BCUT2D eigenvalue weighted by Gasteiger charge is 2.05. The second-order valence-corrected chi connectivity index (χ2v) is 3.84. The van der Waals surface area contributed by atoms with Gasteiger partial charge in [0.15, 0.2) is 0 Å². The number of rotatable bonds is 4. The normalized spacial score (nSPS) is 10.4. The van der Waals surface area contributed by atoms with E-state index in [1.165, 1.54) is 6.08 Å². The van der Waals surface area contributed by atoms with Crippen LogP contribution in [0.4, 0.5) is 5.69 Å². The molecule has 0 atom stereocenters. The van der Waals surface area contributed by atoms with Crippen LogP contribution in [-0.2, 0) is 14.3 Å². The molecule has 96 valence electrons. The number of amides is 1. The van der Waals surface area contributed by atoms with Crippen molar-refractivity contribution >= 4 is 17.6 Å². The number of hydrogen-bond donors (Lipinski definition) is 1. The molecule has 1 aromatic rings. The lowest BCUT2D eigenvalue weighted by Crippen LogP contribution is -2.11. The minimum atomic E-state index is -0.519. The minimum Gasteiger partial charge on any atom is -0.463 e. The summed E-state index contributed by atoms with van der Waals surface area (Å²) in [5, 5.41) is 2.74. The van der Waals surface area contributed by atoms with Crippen LogP contribution in [0.1, 0.15) is 18.1 Å². The van der Waals surface area contributed by atoms with Gasteiger partial charge in [-0.05, 0) is 31.9 Å². The predicted octanol–water partition coefficient (Wildman–Crippen LogP) is 2.36. The Hall–Kier alpha value is -2.10. The van der Waals surface area contributed by atoms with Gasteiger partial charge in [0, 0.05) is 17.8 Å². The molecule has 0 aliphatic rings. The van der Waals surface area contributed by atoms with Crippen LogP contribution in [0.25, 0.3) is 0 Å². The lowest BCUT2D eigenvalue weighted by atomic mass is 10.1. The first kappa shape index (κ1) is 14.0. The fraction of sp³-hybridized carbons (Fsp3) is 0.286. The van der Waals surface area contributed by atoms with E-state index in [0.29, 0.717) is 6.61 Å². The van der Waals surface area contributed by atoms with Crippen LogP contribution >= 0.6 is 0 Å². The molecule has 0 bridgehead atoms. The maximum atomic E-state index is 11.6. The van der Waals surface area contributed by atoms with E-state index >= 15 is 0 Å². The lowest BCUT2D eigenvalue weighted by Gasteiger charge is -2.09. The van der Waals surface area contributed by atoms with Crippen molar-refractivity contribution in [2.75, 3.05) is 11.9 Å². The molecule has 4 nitrogen and oxygen atoms in total. The summed E-state index contributed by atoms with van der Waals surface area (Å²) in [7, 11) is 0. The smallest absolute Gasteiger partial charge is 0.330 e. The van der Waals surface area contributed by atoms with Crippen LogP contribution in [0.3, 0.4) is 0 Å². The van der Waals surface area contributed by atoms with Crippen molar-refractivity contribution in [1.29, 1.82) is 0 Å². The zero-order valence-corrected chi connectivity index (χ0v) is 10.8. The Kier molecular flexibility index (Phi) is 5.11. The van der Waals surface area contributed by atoms with E-state index in [1.807, 2.05) is 32.0 Å². The molecule has 1 N–H and O–H groups in total. The van der Waals surface area contributed by atoms with Crippen molar-refractivity contribution in [1.82, 2.24) is 0 Å². The third-order valence-electron chi connectivity index (χ3n) is 2.39. The van der Waals surface area contributed by atoms with Gasteiger partial charge in [-0.25, -0.2) is 4.79 Å². The Balaban J connectivity index is 2.68. The largest absolute Gasteiger partial charge is 0.463 e. The Morgan fingerprint density at radius 2 is 1.83 bits per heavy atom. The third kappa shape index (κ3) is 4.05. The van der Waals surface area contributed by atoms with Crippen molar-refractivity contribution in [2.24, 2.45) is 0 Å². The van der Waals surface area contributed by atoms with E-state index in [2.05, 4.69) is 10.1 Å². The predicted molar refractivity (Wildman–Crippen MR) is 70.3 cm³/mol. The van der Waals surface area contributed by atoms with Gasteiger partial charge < -0.3 is 10.1 Å². The Morgan fingerprint density at radius 1 is 1.22 bits per heavy atom. The topological polar surface area (TPSA) is 55.4 Å². The number of ether oxygens (including phenoxy) is 1. The van der Waals surface area contributed by atoms with E-state index in [1.54, 1.807) is 6.92 Å². The number of carbonyl (C=O) groups excluding carboxylic acids is 2. The van der Waals surface area contributed by atoms with Crippen LogP contribution in [0.15, 0.2) is 30.4 Å². The molecule has 0 saturated carbocycles. The zero-order valence-electron chi connectivity index (χ0n) is 10.8. The molecule has 18 heavy (non-hydrogen) atoms. The second-order valence-electron chi connectivity index (χ2n) is 3.84. The highest BCUT2D eigenvalue weighted by molar-refractivity contribution is 6.03. The molecule has 1 rings (SSSR count). The summed E-state index contributed by atoms with van der Waals surface area (Å²) in [5.41, 5.74) is 2.73. The van der Waals surface area contributed by atoms with E-state index in [0.717, 1.165) is 22.9 Å². The molecule has 0 radical (unpaired) electrons. The SMILES string of the molecule is CCOC(=O)/C=C/C(=O)Nc1c(C)cccc1C. The molecule has 1 amide bonds. The monoisotopic (exact) mass is 247 g/mol. The van der Waals surface area contributed by atoms with Crippen LogP contribution in [0.2, 0.25) is 0 Å². The second kappa shape index (κ2) is 6.59. The highest BCUT2D eigenvalue weighted by atomic mass is 16.5. The standard InChI is InChI=1S/C14H17NO3/c1-4-18-13(17)9-8-12(16)15-14-10(2)6-5-7-11(14)3/h5-9H,4H2,1-3H3,(H,15,16)/b9-8+. The van der Waals surface area contributed by atoms with Crippen molar-refractivity contribution in [3.05, 3.63) is 41.5 Å². The van der Waals surface area contributed by atoms with Gasteiger partial charge >= 0.3 is 5.97 Å². The summed E-state index contributed by atoms with van der Waals surface area (Å²) >= 11 is 0. The number of esters is 1. The van der Waals surface area contributed by atoms with Crippen LogP contribution in [0.5, 0.6) is 0 Å². The molecule has 0 spiro atoms. The van der Waals surface area contributed by atoms with Gasteiger partial charge in [0.25, 0.3) is 0 Å². The van der Waals surface area contributed by atoms with Gasteiger partial charge in [-0.1, -0.05) is 18.2 Å². The fourth-order valence-corrected chi connectivity index (χ4v) is 1.51. The van der Waals surface area contributed by atoms with Gasteiger partial charge in [0.05, 0.1) is 6.61 Å². The molecule has 0 unspecified atom stereocenters. The number of benzene rings is 1. The molecule has 4 heteroatoms. The number of para-hydroxylation sites is 1. The van der Waals surface area contributed by atoms with Gasteiger partial charge in [0.2, 0.25) is 5.91 Å². The van der Waals surface area contributed by atoms with E-state index in [9.17, 15) is 9.59 Å². The van der Waals surface area contributed by atoms with Crippen molar-refractivity contribution < 1.29 is 14.3 Å². The van der Waals surface area contributed by atoms with Gasteiger partial charge in [0.1, 0.15) is 0 Å². The number of hydrogen-bond acceptors (Lipinski definition) is 3. The number of aryl methyl sites for hydroxylation is 2. The van der Waals surface area contributed by atoms with Gasteiger partial charge in [-0.2, -0.15) is 0 Å². The minimum absolute atomic E-state index is 0.293. The van der Waals surface area contributed by atoms with Crippen molar-refractivity contribution in [3.63, 3.8) is 0 Å². The third-order valence-corrected chi connectivity index (χ3v) is 2.39. The number of carbonyl (C=O) groups is 2. The maximum absolute atomic E-state index is 11.6. The summed E-state index contributed by atoms with van der Waals surface area (Å²) in [6, 6.07) is 5.75. The fourth-order valence-electron chi connectivity index (χ4n) is 1.51. The molecule has 0 saturated heterocycles. The molecule has 0 fully saturated rings. The molecule has 0 aromatic heterocycles. The van der Waals surface area contributed by atoms with Crippen molar-refractivity contribution in [2.45, 2.75) is 20.8 Å². The summed E-state index contributed by atoms with van der Waals surface area (Å²) in [4.78, 5) is 22.7. The first-order valence-electron chi connectivity index (χ1n) is 5.76. The molecular formula is C14H17NO3. The molecule has 1 aromatic carbocycles. The van der Waals surface area contributed by atoms with E-state index in [4.69, 9.17) is 0 Å². The van der Waals surface area contributed by atoms with Crippen LogP contribution in [0, 0.1) is 13.8 Å². The molecule has 0 aliphatic heterocycles. The first-order valence-corrected chi connectivity index (χ1v) is 5.76. The summed E-state index contributed by atoms with van der Waals surface area (Å²) in [6.07, 6.45) is 2.29. The Bertz CT molecular complexity index is 458. The molecule has 0 aliphatic carbocycles. The lowest BCUT2D eigenvalue weighted by molar-refractivity contribution is -0.137. The van der Waals surface area contributed by atoms with E-state index in [-0.39, 0.29) is 5.91 Å². The maximum Gasteiger partial charge on any atom is 0.330 e. The van der Waals surface area contributed by atoms with E-state index < -0.39 is 5.97 Å². The first-order chi connectivity index (χ1) is 8.54. The Labute approximate surface area is 107 Å². The van der Waals surface area contributed by atoms with Crippen LogP contribution in [-0.4, -0.2) is 18.5 Å². The van der Waals surface area contributed by atoms with Gasteiger partial charge in [-0.15, -0.1) is 0 Å². The average Bonchev–Trinajstić information content (AvgIpc) is 2.32. The highest BCUT2D eigenvalue weighted by Crippen LogP contribution is 2.19. The van der Waals surface area contributed by atoms with Crippen LogP contribution < -0.4 is 5.32 Å². The number of nitrogens with one attached hydrogen (secondary N) is 1. The summed E-state index contributed by atoms with van der Waals surface area (Å²) < 4.78 is 4.68. The Morgan fingerprint density at radius 3 is 2.39 bits per heavy atom. The summed E-state index contributed by atoms with van der Waals surface area (Å²) in [5.74, 6) is -0.866. The molecular weight excluding hydrogens is 230 g/mol. The summed E-state index contributed by atoms with van der Waals surface area (Å²) in [6.45, 7) is 5.83. The van der Waals surface area contributed by atoms with Gasteiger partial charge in [-0.3, -0.25) is 4.79 Å². The zero-order chi connectivity index (χ0) is 13.5.